The minimum Gasteiger partial charge on any atom is -0.493 e. The van der Waals surface area contributed by atoms with Crippen molar-refractivity contribution in [3.63, 3.8) is 0 Å². The third kappa shape index (κ3) is 2.35. The van der Waals surface area contributed by atoms with Crippen LogP contribution in [-0.2, 0) is 11.3 Å². The molecule has 0 saturated carbocycles. The van der Waals surface area contributed by atoms with E-state index in [1.807, 2.05) is 0 Å². The molecule has 0 heterocycles. The van der Waals surface area contributed by atoms with Gasteiger partial charge in [0.2, 0.25) is 6.08 Å². The van der Waals surface area contributed by atoms with E-state index in [9.17, 15) is 9.18 Å². The largest absolute Gasteiger partial charge is 0.493 e. The van der Waals surface area contributed by atoms with Crippen LogP contribution < -0.4 is 4.74 Å². The molecule has 0 saturated heterocycles. The zero-order chi connectivity index (χ0) is 11.4. The highest BCUT2D eigenvalue weighted by Crippen LogP contribution is 2.31. The lowest BCUT2D eigenvalue weighted by Crippen LogP contribution is -1.98. The number of methoxy groups -OCH3 is 1. The number of isocyanates is 1. The maximum absolute atomic E-state index is 13.4. The van der Waals surface area contributed by atoms with Crippen LogP contribution in [0.4, 0.5) is 4.39 Å². The number of halogens is 2. The van der Waals surface area contributed by atoms with Crippen LogP contribution in [0.15, 0.2) is 11.1 Å². The monoisotopic (exact) mass is 229 g/mol. The Bertz CT molecular complexity index is 428. The maximum atomic E-state index is 13.4. The zero-order valence-electron chi connectivity index (χ0n) is 8.30. The molecule has 0 spiro atoms. The summed E-state index contributed by atoms with van der Waals surface area (Å²) < 4.78 is 18.3. The van der Waals surface area contributed by atoms with Gasteiger partial charge in [-0.1, -0.05) is 11.6 Å². The summed E-state index contributed by atoms with van der Waals surface area (Å²) >= 11 is 5.79. The van der Waals surface area contributed by atoms with E-state index in [4.69, 9.17) is 16.3 Å². The Morgan fingerprint density at radius 1 is 1.67 bits per heavy atom. The first-order valence-corrected chi connectivity index (χ1v) is 4.54. The summed E-state index contributed by atoms with van der Waals surface area (Å²) in [5.74, 6) is -0.500. The predicted octanol–water partition coefficient (Wildman–Crippen LogP) is 2.63. The minimum absolute atomic E-state index is 0.00991. The van der Waals surface area contributed by atoms with Crippen molar-refractivity contribution in [3.8, 4) is 5.75 Å². The summed E-state index contributed by atoms with van der Waals surface area (Å²) in [6, 6.07) is 1.17. The van der Waals surface area contributed by atoms with E-state index in [1.54, 1.807) is 6.92 Å². The summed E-state index contributed by atoms with van der Waals surface area (Å²) in [7, 11) is 1.35. The molecular weight excluding hydrogens is 221 g/mol. The van der Waals surface area contributed by atoms with Crippen molar-refractivity contribution in [3.05, 3.63) is 28.0 Å². The molecule has 0 bridgehead atoms. The standard InChI is InChI=1S/C10H9ClFNO2/c1-6-7(4-13-5-14)10(15-2)9(12)3-8(6)11/h3H,4H2,1-2H3. The van der Waals surface area contributed by atoms with Gasteiger partial charge in [0.05, 0.1) is 13.7 Å². The molecule has 80 valence electrons. The number of hydrogen-bond acceptors (Lipinski definition) is 3. The molecule has 0 aliphatic heterocycles. The molecule has 0 aliphatic rings. The molecule has 3 nitrogen and oxygen atoms in total. The second kappa shape index (κ2) is 4.91. The Labute approximate surface area is 91.5 Å². The zero-order valence-corrected chi connectivity index (χ0v) is 9.06. The van der Waals surface area contributed by atoms with Crippen LogP contribution in [0.2, 0.25) is 5.02 Å². The molecule has 1 aromatic carbocycles. The fourth-order valence-electron chi connectivity index (χ4n) is 1.27. The molecule has 15 heavy (non-hydrogen) atoms. The first-order valence-electron chi connectivity index (χ1n) is 4.17. The Morgan fingerprint density at radius 3 is 2.87 bits per heavy atom. The van der Waals surface area contributed by atoms with Gasteiger partial charge < -0.3 is 4.74 Å². The van der Waals surface area contributed by atoms with Crippen molar-refractivity contribution >= 4 is 17.7 Å². The van der Waals surface area contributed by atoms with Gasteiger partial charge in [-0.05, 0) is 18.6 Å². The fraction of sp³-hybridized carbons (Fsp3) is 0.300. The first-order chi connectivity index (χ1) is 7.11. The van der Waals surface area contributed by atoms with E-state index in [-0.39, 0.29) is 17.3 Å². The van der Waals surface area contributed by atoms with Crippen molar-refractivity contribution in [1.29, 1.82) is 0 Å². The molecule has 0 unspecified atom stereocenters. The second-order valence-electron chi connectivity index (χ2n) is 2.88. The Kier molecular flexibility index (Phi) is 3.83. The second-order valence-corrected chi connectivity index (χ2v) is 3.29. The van der Waals surface area contributed by atoms with Crippen molar-refractivity contribution in [2.45, 2.75) is 13.5 Å². The average molecular weight is 230 g/mol. The van der Waals surface area contributed by atoms with Gasteiger partial charge in [0, 0.05) is 10.6 Å². The molecule has 0 aliphatic carbocycles. The molecule has 0 amide bonds. The quantitative estimate of drug-likeness (QED) is 0.590. The summed E-state index contributed by atoms with van der Waals surface area (Å²) in [4.78, 5) is 13.4. The lowest BCUT2D eigenvalue weighted by atomic mass is 10.1. The van der Waals surface area contributed by atoms with Crippen LogP contribution >= 0.6 is 11.6 Å². The third-order valence-corrected chi connectivity index (χ3v) is 2.45. The van der Waals surface area contributed by atoms with Crippen molar-refractivity contribution < 1.29 is 13.9 Å². The number of carbonyl (C=O) groups excluding carboxylic acids is 1. The van der Waals surface area contributed by atoms with Gasteiger partial charge in [-0.2, -0.15) is 0 Å². The molecule has 0 aromatic heterocycles. The van der Waals surface area contributed by atoms with Crippen LogP contribution in [0.25, 0.3) is 0 Å². The smallest absolute Gasteiger partial charge is 0.235 e. The highest BCUT2D eigenvalue weighted by Gasteiger charge is 2.14. The summed E-state index contributed by atoms with van der Waals surface area (Å²) in [6.07, 6.45) is 1.39. The van der Waals surface area contributed by atoms with E-state index in [2.05, 4.69) is 4.99 Å². The van der Waals surface area contributed by atoms with E-state index in [0.717, 1.165) is 0 Å². The number of benzene rings is 1. The van der Waals surface area contributed by atoms with Crippen molar-refractivity contribution in [2.75, 3.05) is 7.11 Å². The molecule has 1 rings (SSSR count). The average Bonchev–Trinajstić information content (AvgIpc) is 2.21. The van der Waals surface area contributed by atoms with E-state index in [1.165, 1.54) is 19.3 Å². The van der Waals surface area contributed by atoms with Gasteiger partial charge in [0.15, 0.2) is 11.6 Å². The molecule has 1 aromatic rings. The van der Waals surface area contributed by atoms with Crippen LogP contribution in [0.1, 0.15) is 11.1 Å². The Morgan fingerprint density at radius 2 is 2.33 bits per heavy atom. The van der Waals surface area contributed by atoms with Gasteiger partial charge in [-0.25, -0.2) is 14.2 Å². The maximum Gasteiger partial charge on any atom is 0.235 e. The van der Waals surface area contributed by atoms with Crippen LogP contribution in [-0.4, -0.2) is 13.2 Å². The third-order valence-electron chi connectivity index (χ3n) is 2.06. The minimum atomic E-state index is -0.566. The van der Waals surface area contributed by atoms with Gasteiger partial charge in [-0.15, -0.1) is 0 Å². The SMILES string of the molecule is COc1c(F)cc(Cl)c(C)c1CN=C=O. The Balaban J connectivity index is 3.35. The van der Waals surface area contributed by atoms with Gasteiger partial charge in [0.1, 0.15) is 0 Å². The van der Waals surface area contributed by atoms with Crippen LogP contribution in [0.5, 0.6) is 5.75 Å². The summed E-state index contributed by atoms with van der Waals surface area (Å²) in [6.45, 7) is 1.72. The molecular formula is C10H9ClFNO2. The van der Waals surface area contributed by atoms with Gasteiger partial charge in [0.25, 0.3) is 0 Å². The molecule has 5 heteroatoms. The van der Waals surface area contributed by atoms with E-state index >= 15 is 0 Å². The Hall–Kier alpha value is -1.38. The number of rotatable bonds is 3. The highest BCUT2D eigenvalue weighted by atomic mass is 35.5. The van der Waals surface area contributed by atoms with E-state index in [0.29, 0.717) is 11.1 Å². The summed E-state index contributed by atoms with van der Waals surface area (Å²) in [5, 5.41) is 0.282. The topological polar surface area (TPSA) is 38.7 Å². The van der Waals surface area contributed by atoms with Crippen molar-refractivity contribution in [1.82, 2.24) is 0 Å². The number of ether oxygens (including phenoxy) is 1. The van der Waals surface area contributed by atoms with Gasteiger partial charge >= 0.3 is 0 Å². The normalized spacial score (nSPS) is 9.60. The van der Waals surface area contributed by atoms with Crippen LogP contribution in [0, 0.1) is 12.7 Å². The number of aliphatic imine (C=N–C) groups is 1. The lowest BCUT2D eigenvalue weighted by Gasteiger charge is -2.11. The number of hydrogen-bond donors (Lipinski definition) is 0. The predicted molar refractivity (Wildman–Crippen MR) is 54.5 cm³/mol. The molecule has 0 N–H and O–H groups in total. The lowest BCUT2D eigenvalue weighted by molar-refractivity contribution is 0.381. The number of nitrogens with zero attached hydrogens (tertiary/aromatic N) is 1. The molecule has 0 fully saturated rings. The highest BCUT2D eigenvalue weighted by molar-refractivity contribution is 6.31. The molecule has 0 radical (unpaired) electrons. The van der Waals surface area contributed by atoms with Crippen LogP contribution in [0.3, 0.4) is 0 Å². The fourth-order valence-corrected chi connectivity index (χ4v) is 1.48. The first kappa shape index (κ1) is 11.7. The van der Waals surface area contributed by atoms with E-state index < -0.39 is 5.82 Å². The molecule has 0 atom stereocenters. The van der Waals surface area contributed by atoms with Gasteiger partial charge in [-0.3, -0.25) is 0 Å². The van der Waals surface area contributed by atoms with Crippen molar-refractivity contribution in [2.24, 2.45) is 4.99 Å². The summed E-state index contributed by atoms with van der Waals surface area (Å²) in [5.41, 5.74) is 1.11.